The molecule has 0 aliphatic carbocycles. The molecule has 2 nitrogen and oxygen atoms in total. The number of fused-ring (bicyclic) bond motifs is 1. The van der Waals surface area contributed by atoms with E-state index in [9.17, 15) is 4.79 Å². The van der Waals surface area contributed by atoms with E-state index < -0.39 is 0 Å². The normalized spacial score (nSPS) is 8.62. The predicted octanol–water partition coefficient (Wildman–Crippen LogP) is 2.46. The van der Waals surface area contributed by atoms with Crippen molar-refractivity contribution < 1.29 is 0 Å². The summed E-state index contributed by atoms with van der Waals surface area (Å²) < 4.78 is 1.61. The molecule has 13 heavy (non-hydrogen) atoms. The van der Waals surface area contributed by atoms with Crippen LogP contribution in [0.5, 0.6) is 0 Å². The molecule has 0 saturated heterocycles. The number of rotatable bonds is 0. The van der Waals surface area contributed by atoms with Gasteiger partial charge in [0.1, 0.15) is 0 Å². The summed E-state index contributed by atoms with van der Waals surface area (Å²) in [6.07, 6.45) is 1.76. The van der Waals surface area contributed by atoms with Gasteiger partial charge < -0.3 is 0 Å². The van der Waals surface area contributed by atoms with Crippen LogP contribution in [0.25, 0.3) is 5.52 Å². The Labute approximate surface area is 96.7 Å². The third-order valence-corrected chi connectivity index (χ3v) is 1.63. The fourth-order valence-electron chi connectivity index (χ4n) is 1.10. The first-order valence-corrected chi connectivity index (χ1v) is 3.44. The molecule has 0 amide bonds. The minimum absolute atomic E-state index is 0. The van der Waals surface area contributed by atoms with E-state index in [1.807, 2.05) is 24.3 Å². The Kier molecular flexibility index (Phi) is 4.95. The van der Waals surface area contributed by atoms with Crippen molar-refractivity contribution in [3.05, 3.63) is 52.9 Å². The number of halogens is 2. The highest BCUT2D eigenvalue weighted by Gasteiger charge is 1.89. The molecule has 0 atom stereocenters. The second-order valence-corrected chi connectivity index (χ2v) is 2.36. The number of aromatic nitrogens is 1. The lowest BCUT2D eigenvalue weighted by molar-refractivity contribution is 1.10. The van der Waals surface area contributed by atoms with Gasteiger partial charge in [-0.3, -0.25) is 9.20 Å². The highest BCUT2D eigenvalue weighted by atomic mass is 79.9. The van der Waals surface area contributed by atoms with Crippen LogP contribution >= 0.6 is 34.0 Å². The van der Waals surface area contributed by atoms with Crippen LogP contribution in [-0.2, 0) is 0 Å². The zero-order valence-electron chi connectivity index (χ0n) is 6.71. The van der Waals surface area contributed by atoms with Crippen molar-refractivity contribution >= 4 is 39.5 Å². The van der Waals surface area contributed by atoms with Crippen LogP contribution in [0.1, 0.15) is 0 Å². The Bertz CT molecular complexity index is 433. The highest BCUT2D eigenvalue weighted by Crippen LogP contribution is 1.96. The maximum absolute atomic E-state index is 11.1. The number of nitrogens with zero attached hydrogens (tertiary/aromatic N) is 1. The summed E-state index contributed by atoms with van der Waals surface area (Å²) >= 11 is 0. The van der Waals surface area contributed by atoms with E-state index in [1.54, 1.807) is 22.7 Å². The predicted molar refractivity (Wildman–Crippen MR) is 64.3 cm³/mol. The fraction of sp³-hybridized carbons (Fsp3) is 0. The topological polar surface area (TPSA) is 21.5 Å². The van der Waals surface area contributed by atoms with Crippen molar-refractivity contribution in [3.63, 3.8) is 0 Å². The van der Waals surface area contributed by atoms with E-state index in [-0.39, 0.29) is 39.5 Å². The maximum atomic E-state index is 11.1. The molecule has 0 unspecified atom stereocenters. The molecular formula is C9H9Br2NO. The van der Waals surface area contributed by atoms with Crippen LogP contribution in [-0.4, -0.2) is 4.40 Å². The largest absolute Gasteiger partial charge is 0.284 e. The second kappa shape index (κ2) is 5.19. The van der Waals surface area contributed by atoms with Crippen molar-refractivity contribution in [2.75, 3.05) is 0 Å². The standard InChI is InChI=1S/C9H7NO.2BrH/c11-9-6-3-5-8-4-1-2-7-10(8)9;;/h1-7H;2*1H. The van der Waals surface area contributed by atoms with Crippen molar-refractivity contribution in [2.24, 2.45) is 0 Å². The minimum Gasteiger partial charge on any atom is -0.284 e. The lowest BCUT2D eigenvalue weighted by atomic mass is 10.3. The molecule has 2 heterocycles. The molecule has 0 aromatic carbocycles. The van der Waals surface area contributed by atoms with E-state index in [0.717, 1.165) is 5.52 Å². The van der Waals surface area contributed by atoms with Crippen molar-refractivity contribution in [1.82, 2.24) is 4.40 Å². The molecule has 2 aromatic heterocycles. The summed E-state index contributed by atoms with van der Waals surface area (Å²) in [5.41, 5.74) is 0.947. The molecule has 0 radical (unpaired) electrons. The maximum Gasteiger partial charge on any atom is 0.255 e. The third-order valence-electron chi connectivity index (χ3n) is 1.63. The summed E-state index contributed by atoms with van der Waals surface area (Å²) in [5, 5.41) is 0. The fourth-order valence-corrected chi connectivity index (χ4v) is 1.10. The molecule has 0 N–H and O–H groups in total. The van der Waals surface area contributed by atoms with Crippen LogP contribution in [0.15, 0.2) is 47.4 Å². The molecule has 0 aliphatic heterocycles. The van der Waals surface area contributed by atoms with Gasteiger partial charge in [0.2, 0.25) is 0 Å². The van der Waals surface area contributed by atoms with Gasteiger partial charge >= 0.3 is 0 Å². The Morgan fingerprint density at radius 3 is 2.31 bits per heavy atom. The average molecular weight is 307 g/mol. The van der Waals surface area contributed by atoms with E-state index >= 15 is 0 Å². The Morgan fingerprint density at radius 2 is 1.62 bits per heavy atom. The van der Waals surface area contributed by atoms with Crippen LogP contribution in [0.4, 0.5) is 0 Å². The van der Waals surface area contributed by atoms with Crippen molar-refractivity contribution in [3.8, 4) is 0 Å². The molecule has 0 bridgehead atoms. The molecule has 70 valence electrons. The van der Waals surface area contributed by atoms with Crippen molar-refractivity contribution in [1.29, 1.82) is 0 Å². The first-order chi connectivity index (χ1) is 5.38. The van der Waals surface area contributed by atoms with Gasteiger partial charge in [0.25, 0.3) is 5.56 Å². The lowest BCUT2D eigenvalue weighted by Gasteiger charge is -1.95. The number of hydrogen-bond acceptors (Lipinski definition) is 1. The van der Waals surface area contributed by atoms with E-state index in [4.69, 9.17) is 0 Å². The zero-order chi connectivity index (χ0) is 7.68. The lowest BCUT2D eigenvalue weighted by Crippen LogP contribution is -2.09. The summed E-state index contributed by atoms with van der Waals surface area (Å²) in [6, 6.07) is 10.9. The van der Waals surface area contributed by atoms with Gasteiger partial charge in [-0.15, -0.1) is 34.0 Å². The smallest absolute Gasteiger partial charge is 0.255 e. The first-order valence-electron chi connectivity index (χ1n) is 3.44. The summed E-state index contributed by atoms with van der Waals surface area (Å²) in [6.45, 7) is 0. The highest BCUT2D eigenvalue weighted by molar-refractivity contribution is 8.93. The molecular weight excluding hydrogens is 298 g/mol. The molecule has 4 heteroatoms. The molecule has 2 aromatic rings. The third kappa shape index (κ3) is 2.42. The number of pyridine rings is 2. The molecule has 0 saturated carbocycles. The van der Waals surface area contributed by atoms with Crippen molar-refractivity contribution in [2.45, 2.75) is 0 Å². The van der Waals surface area contributed by atoms with E-state index in [2.05, 4.69) is 0 Å². The van der Waals surface area contributed by atoms with Gasteiger partial charge in [-0.25, -0.2) is 0 Å². The van der Waals surface area contributed by atoms with Crippen LogP contribution in [0, 0.1) is 0 Å². The first kappa shape index (κ1) is 12.4. The summed E-state index contributed by atoms with van der Waals surface area (Å²) in [5.74, 6) is 0. The molecule has 0 aliphatic rings. The van der Waals surface area contributed by atoms with Gasteiger partial charge in [0.05, 0.1) is 0 Å². The van der Waals surface area contributed by atoms with Crippen LogP contribution in [0.2, 0.25) is 0 Å². The summed E-state index contributed by atoms with van der Waals surface area (Å²) in [4.78, 5) is 11.1. The van der Waals surface area contributed by atoms with E-state index in [1.165, 1.54) is 0 Å². The second-order valence-electron chi connectivity index (χ2n) is 2.36. The van der Waals surface area contributed by atoms with E-state index in [0.29, 0.717) is 0 Å². The average Bonchev–Trinajstić information content (AvgIpc) is 2.06. The number of hydrogen-bond donors (Lipinski definition) is 0. The Morgan fingerprint density at radius 1 is 0.923 bits per heavy atom. The Balaban J connectivity index is 0.000000720. The van der Waals surface area contributed by atoms with Gasteiger partial charge in [0.15, 0.2) is 0 Å². The SMILES string of the molecule is Br.Br.O=c1cccc2ccccn12. The van der Waals surface area contributed by atoms with Gasteiger partial charge in [-0.05, 0) is 18.2 Å². The Hall–Kier alpha value is -0.610. The quantitative estimate of drug-likeness (QED) is 0.732. The monoisotopic (exact) mass is 305 g/mol. The van der Waals surface area contributed by atoms with Gasteiger partial charge in [0, 0.05) is 17.8 Å². The van der Waals surface area contributed by atoms with Crippen LogP contribution < -0.4 is 5.56 Å². The van der Waals surface area contributed by atoms with Gasteiger partial charge in [-0.2, -0.15) is 0 Å². The zero-order valence-corrected chi connectivity index (χ0v) is 10.1. The molecule has 2 rings (SSSR count). The molecule has 0 fully saturated rings. The summed E-state index contributed by atoms with van der Waals surface area (Å²) in [7, 11) is 0. The minimum atomic E-state index is 0. The molecule has 0 spiro atoms. The van der Waals surface area contributed by atoms with Gasteiger partial charge in [-0.1, -0.05) is 12.1 Å². The van der Waals surface area contributed by atoms with Crippen LogP contribution in [0.3, 0.4) is 0 Å².